The maximum absolute atomic E-state index is 13.2. The molecule has 1 saturated heterocycles. The van der Waals surface area contributed by atoms with Gasteiger partial charge in [0.2, 0.25) is 0 Å². The fourth-order valence-corrected chi connectivity index (χ4v) is 5.07. The molecule has 3 amide bonds. The molecule has 1 heterocycles. The summed E-state index contributed by atoms with van der Waals surface area (Å²) in [5.41, 5.74) is 2.21. The normalized spacial score (nSPS) is 19.2. The SMILES string of the molecule is CCC(=O)[N+]1(CCCNC(=O)Nc2cc(C(C)=O)cc(C(C)=O)c2)CCC(Cc2ccc(F)cc2)CC1. The fourth-order valence-electron chi connectivity index (χ4n) is 5.07. The average molecular weight is 511 g/mol. The molecule has 0 aromatic heterocycles. The number of likely N-dealkylation sites (tertiary alicyclic amines) is 1. The lowest BCUT2D eigenvalue weighted by molar-refractivity contribution is -0.861. The van der Waals surface area contributed by atoms with E-state index >= 15 is 0 Å². The number of hydrogen-bond acceptors (Lipinski definition) is 4. The standard InChI is InChI=1S/C29H36FN3O4/c1-4-28(36)33(14-10-23(11-15-33)16-22-6-8-26(30)9-7-22)13-5-12-31-29(37)32-27-18-24(20(2)34)17-25(19-27)21(3)35/h6-9,17-19,23H,4-5,10-16H2,1-3H3,(H-,31,32,37)/p+1. The topological polar surface area (TPSA) is 92.3 Å². The third kappa shape index (κ3) is 7.79. The molecule has 1 aliphatic heterocycles. The maximum atomic E-state index is 13.2. The van der Waals surface area contributed by atoms with Crippen LogP contribution in [0.2, 0.25) is 0 Å². The van der Waals surface area contributed by atoms with E-state index in [9.17, 15) is 23.6 Å². The maximum Gasteiger partial charge on any atom is 0.319 e. The predicted molar refractivity (Wildman–Crippen MR) is 141 cm³/mol. The minimum absolute atomic E-state index is 0.192. The first-order valence-corrected chi connectivity index (χ1v) is 13.0. The molecule has 7 nitrogen and oxygen atoms in total. The number of halogens is 1. The van der Waals surface area contributed by atoms with E-state index in [0.29, 0.717) is 53.1 Å². The summed E-state index contributed by atoms with van der Waals surface area (Å²) in [6.07, 6.45) is 3.87. The molecule has 37 heavy (non-hydrogen) atoms. The van der Waals surface area contributed by atoms with Crippen molar-refractivity contribution in [3.05, 3.63) is 65.0 Å². The van der Waals surface area contributed by atoms with E-state index in [-0.39, 0.29) is 23.3 Å². The first-order chi connectivity index (χ1) is 17.6. The van der Waals surface area contributed by atoms with Crippen LogP contribution in [0.1, 0.15) is 72.7 Å². The number of anilines is 1. The zero-order valence-corrected chi connectivity index (χ0v) is 21.9. The number of carbonyl (C=O) groups is 4. The van der Waals surface area contributed by atoms with Crippen molar-refractivity contribution in [1.82, 2.24) is 5.32 Å². The van der Waals surface area contributed by atoms with Crippen LogP contribution in [0.4, 0.5) is 14.9 Å². The average Bonchev–Trinajstić information content (AvgIpc) is 2.88. The zero-order chi connectivity index (χ0) is 27.0. The van der Waals surface area contributed by atoms with Crippen molar-refractivity contribution in [3.8, 4) is 0 Å². The highest BCUT2D eigenvalue weighted by molar-refractivity contribution is 6.02. The van der Waals surface area contributed by atoms with Crippen LogP contribution < -0.4 is 10.6 Å². The van der Waals surface area contributed by atoms with Crippen LogP contribution in [0.25, 0.3) is 0 Å². The highest BCUT2D eigenvalue weighted by Gasteiger charge is 2.39. The van der Waals surface area contributed by atoms with Crippen molar-refractivity contribution in [3.63, 3.8) is 0 Å². The van der Waals surface area contributed by atoms with Crippen LogP contribution in [0, 0.1) is 11.7 Å². The molecule has 3 rings (SSSR count). The van der Waals surface area contributed by atoms with Gasteiger partial charge in [-0.1, -0.05) is 19.1 Å². The summed E-state index contributed by atoms with van der Waals surface area (Å²) in [5.74, 6) is 0.0768. The fraction of sp³-hybridized carbons (Fsp3) is 0.448. The second-order valence-electron chi connectivity index (χ2n) is 9.98. The Morgan fingerprint density at radius 1 is 0.946 bits per heavy atom. The lowest BCUT2D eigenvalue weighted by atomic mass is 9.88. The van der Waals surface area contributed by atoms with E-state index in [1.807, 2.05) is 19.1 Å². The van der Waals surface area contributed by atoms with Gasteiger partial charge in [0.15, 0.2) is 11.6 Å². The van der Waals surface area contributed by atoms with Gasteiger partial charge >= 0.3 is 11.9 Å². The highest BCUT2D eigenvalue weighted by Crippen LogP contribution is 2.28. The minimum atomic E-state index is -0.429. The molecule has 0 spiro atoms. The molecule has 198 valence electrons. The Balaban J connectivity index is 1.51. The number of carbonyl (C=O) groups excluding carboxylic acids is 4. The van der Waals surface area contributed by atoms with Gasteiger partial charge in [-0.25, -0.2) is 14.0 Å². The quantitative estimate of drug-likeness (QED) is 0.263. The molecule has 2 aromatic rings. The van der Waals surface area contributed by atoms with Gasteiger partial charge in [0.25, 0.3) is 0 Å². The van der Waals surface area contributed by atoms with Gasteiger partial charge in [0.05, 0.1) is 26.1 Å². The number of ketones is 2. The van der Waals surface area contributed by atoms with E-state index < -0.39 is 6.03 Å². The number of piperidine rings is 1. The van der Waals surface area contributed by atoms with Gasteiger partial charge in [-0.3, -0.25) is 14.1 Å². The molecular weight excluding hydrogens is 473 g/mol. The number of nitrogens with zero attached hydrogens (tertiary/aromatic N) is 1. The van der Waals surface area contributed by atoms with Crippen LogP contribution >= 0.6 is 0 Å². The smallest absolute Gasteiger partial charge is 0.319 e. The monoisotopic (exact) mass is 510 g/mol. The molecule has 2 N–H and O–H groups in total. The van der Waals surface area contributed by atoms with Crippen LogP contribution in [-0.2, 0) is 11.2 Å². The zero-order valence-electron chi connectivity index (χ0n) is 21.9. The number of amides is 3. The summed E-state index contributed by atoms with van der Waals surface area (Å²) in [7, 11) is 0. The molecule has 0 bridgehead atoms. The Labute approximate surface area is 218 Å². The van der Waals surface area contributed by atoms with Crippen molar-refractivity contribution < 1.29 is 28.1 Å². The second-order valence-corrected chi connectivity index (χ2v) is 9.98. The minimum Gasteiger partial charge on any atom is -0.338 e. The lowest BCUT2D eigenvalue weighted by Crippen LogP contribution is -2.57. The number of urea groups is 1. The summed E-state index contributed by atoms with van der Waals surface area (Å²) >= 11 is 0. The van der Waals surface area contributed by atoms with E-state index in [1.165, 1.54) is 32.0 Å². The molecule has 8 heteroatoms. The van der Waals surface area contributed by atoms with Crippen LogP contribution in [0.15, 0.2) is 42.5 Å². The number of nitrogens with one attached hydrogen (secondary N) is 2. The van der Waals surface area contributed by atoms with Crippen LogP contribution in [0.5, 0.6) is 0 Å². The van der Waals surface area contributed by atoms with E-state index in [1.54, 1.807) is 12.1 Å². The number of Topliss-reactive ketones (excluding diaryl/α,β-unsaturated/α-hetero) is 2. The van der Waals surface area contributed by atoms with Crippen molar-refractivity contribution >= 4 is 29.2 Å². The molecule has 0 radical (unpaired) electrons. The van der Waals surface area contributed by atoms with Gasteiger partial charge in [-0.15, -0.1) is 0 Å². The molecule has 2 aromatic carbocycles. The number of benzene rings is 2. The summed E-state index contributed by atoms with van der Waals surface area (Å²) in [6.45, 7) is 7.31. The first-order valence-electron chi connectivity index (χ1n) is 13.0. The summed E-state index contributed by atoms with van der Waals surface area (Å²) in [6, 6.07) is 10.8. The molecule has 0 saturated carbocycles. The highest BCUT2D eigenvalue weighted by atomic mass is 19.1. The molecule has 0 unspecified atom stereocenters. The molecule has 1 fully saturated rings. The molecule has 0 aliphatic carbocycles. The van der Waals surface area contributed by atoms with Crippen molar-refractivity contribution in [2.45, 2.75) is 52.9 Å². The van der Waals surface area contributed by atoms with Gasteiger partial charge < -0.3 is 10.6 Å². The summed E-state index contributed by atoms with van der Waals surface area (Å²) in [5, 5.41) is 5.51. The van der Waals surface area contributed by atoms with Gasteiger partial charge in [-0.05, 0) is 62.1 Å². The molecular formula is C29H37FN3O4+. The Hall–Kier alpha value is -3.39. The van der Waals surface area contributed by atoms with Gasteiger partial charge in [0.1, 0.15) is 5.82 Å². The summed E-state index contributed by atoms with van der Waals surface area (Å²) in [4.78, 5) is 48.9. The van der Waals surface area contributed by atoms with E-state index in [0.717, 1.165) is 37.9 Å². The molecule has 1 aliphatic rings. The Kier molecular flexibility index (Phi) is 9.69. The van der Waals surface area contributed by atoms with Crippen molar-refractivity contribution in [1.29, 1.82) is 0 Å². The van der Waals surface area contributed by atoms with Crippen LogP contribution in [-0.4, -0.2) is 54.2 Å². The molecule has 0 atom stereocenters. The number of rotatable bonds is 10. The Morgan fingerprint density at radius 3 is 2.08 bits per heavy atom. The van der Waals surface area contributed by atoms with Crippen molar-refractivity contribution in [2.24, 2.45) is 5.92 Å². The van der Waals surface area contributed by atoms with Crippen LogP contribution in [0.3, 0.4) is 0 Å². The predicted octanol–water partition coefficient (Wildman–Crippen LogP) is 5.15. The largest absolute Gasteiger partial charge is 0.338 e. The third-order valence-corrected chi connectivity index (χ3v) is 7.25. The second kappa shape index (κ2) is 12.7. The lowest BCUT2D eigenvalue weighted by Gasteiger charge is -2.41. The number of quaternary nitrogens is 1. The Morgan fingerprint density at radius 2 is 1.54 bits per heavy atom. The first kappa shape index (κ1) is 28.2. The van der Waals surface area contributed by atoms with Gasteiger partial charge in [0, 0.05) is 42.6 Å². The third-order valence-electron chi connectivity index (χ3n) is 7.25. The van der Waals surface area contributed by atoms with E-state index in [4.69, 9.17) is 0 Å². The number of hydrogen-bond donors (Lipinski definition) is 2. The van der Waals surface area contributed by atoms with Crippen molar-refractivity contribution in [2.75, 3.05) is 31.5 Å². The Bertz CT molecular complexity index is 1110. The summed E-state index contributed by atoms with van der Waals surface area (Å²) < 4.78 is 13.6. The van der Waals surface area contributed by atoms with E-state index in [2.05, 4.69) is 10.6 Å². The van der Waals surface area contributed by atoms with Gasteiger partial charge in [-0.2, -0.15) is 0 Å².